The van der Waals surface area contributed by atoms with Crippen molar-refractivity contribution < 1.29 is 18.7 Å². The molecule has 0 radical (unpaired) electrons. The number of halogens is 1. The number of hydrogen-bond acceptors (Lipinski definition) is 6. The number of anilines is 1. The molecule has 0 spiro atoms. The minimum atomic E-state index is -0.845. The molecular formula is C23H23ClN4O4. The number of para-hydroxylation sites is 2. The Morgan fingerprint density at radius 3 is 2.59 bits per heavy atom. The van der Waals surface area contributed by atoms with E-state index < -0.39 is 6.10 Å². The third kappa shape index (κ3) is 4.31. The Labute approximate surface area is 190 Å². The van der Waals surface area contributed by atoms with Gasteiger partial charge in [-0.3, -0.25) is 9.59 Å². The predicted octanol–water partition coefficient (Wildman–Crippen LogP) is 3.94. The Morgan fingerprint density at radius 1 is 1.16 bits per heavy atom. The Morgan fingerprint density at radius 2 is 1.88 bits per heavy atom. The maximum absolute atomic E-state index is 13.4. The van der Waals surface area contributed by atoms with Gasteiger partial charge in [0.2, 0.25) is 17.7 Å². The van der Waals surface area contributed by atoms with Gasteiger partial charge in [0.05, 0.1) is 29.4 Å². The molecule has 2 amide bonds. The summed E-state index contributed by atoms with van der Waals surface area (Å²) in [6.45, 7) is 5.49. The molecular weight excluding hydrogens is 432 g/mol. The van der Waals surface area contributed by atoms with Crippen molar-refractivity contribution >= 4 is 29.1 Å². The SMILES string of the molecule is CC(=O)N1CC(C(=O)N(Cc2nnc(-c3ccccc3Cl)o2)C(C)C)Oc2ccccc21. The van der Waals surface area contributed by atoms with Crippen molar-refractivity contribution in [3.05, 3.63) is 59.4 Å². The number of benzene rings is 2. The maximum atomic E-state index is 13.4. The van der Waals surface area contributed by atoms with Gasteiger partial charge >= 0.3 is 0 Å². The average Bonchev–Trinajstić information content (AvgIpc) is 3.24. The Hall–Kier alpha value is -3.39. The summed E-state index contributed by atoms with van der Waals surface area (Å²) in [5.41, 5.74) is 1.28. The maximum Gasteiger partial charge on any atom is 0.266 e. The van der Waals surface area contributed by atoms with Crippen LogP contribution in [-0.4, -0.2) is 45.6 Å². The summed E-state index contributed by atoms with van der Waals surface area (Å²) in [6.07, 6.45) is -0.845. The first kappa shape index (κ1) is 21.8. The first-order chi connectivity index (χ1) is 15.3. The van der Waals surface area contributed by atoms with E-state index in [1.54, 1.807) is 40.1 Å². The van der Waals surface area contributed by atoms with Gasteiger partial charge in [-0.25, -0.2) is 0 Å². The molecule has 0 aliphatic carbocycles. The van der Waals surface area contributed by atoms with Gasteiger partial charge in [-0.15, -0.1) is 10.2 Å². The minimum Gasteiger partial charge on any atom is -0.476 e. The summed E-state index contributed by atoms with van der Waals surface area (Å²) in [5.74, 6) is 0.637. The Bertz CT molecular complexity index is 1150. The number of ether oxygens (including phenoxy) is 1. The predicted molar refractivity (Wildman–Crippen MR) is 119 cm³/mol. The van der Waals surface area contributed by atoms with Gasteiger partial charge in [0.1, 0.15) is 5.75 Å². The highest BCUT2D eigenvalue weighted by molar-refractivity contribution is 6.33. The highest BCUT2D eigenvalue weighted by Crippen LogP contribution is 2.34. The normalized spacial score (nSPS) is 15.3. The van der Waals surface area contributed by atoms with Crippen LogP contribution in [0.3, 0.4) is 0 Å². The van der Waals surface area contributed by atoms with Gasteiger partial charge in [-0.1, -0.05) is 35.9 Å². The summed E-state index contributed by atoms with van der Waals surface area (Å²) < 4.78 is 11.7. The van der Waals surface area contributed by atoms with Gasteiger partial charge in [-0.05, 0) is 38.1 Å². The molecule has 1 aromatic heterocycles. The first-order valence-corrected chi connectivity index (χ1v) is 10.6. The second kappa shape index (κ2) is 9.00. The van der Waals surface area contributed by atoms with Crippen LogP contribution in [0.25, 0.3) is 11.5 Å². The summed E-state index contributed by atoms with van der Waals surface area (Å²) >= 11 is 6.22. The number of aromatic nitrogens is 2. The van der Waals surface area contributed by atoms with Crippen LogP contribution in [-0.2, 0) is 16.1 Å². The third-order valence-corrected chi connectivity index (χ3v) is 5.54. The van der Waals surface area contributed by atoms with Gasteiger partial charge < -0.3 is 19.0 Å². The van der Waals surface area contributed by atoms with E-state index in [-0.39, 0.29) is 42.7 Å². The molecule has 0 fully saturated rings. The zero-order valence-electron chi connectivity index (χ0n) is 18.0. The average molecular weight is 455 g/mol. The molecule has 166 valence electrons. The second-order valence-electron chi connectivity index (χ2n) is 7.74. The summed E-state index contributed by atoms with van der Waals surface area (Å²) in [6, 6.07) is 14.2. The summed E-state index contributed by atoms with van der Waals surface area (Å²) in [4.78, 5) is 28.8. The molecule has 1 aliphatic rings. The third-order valence-electron chi connectivity index (χ3n) is 5.21. The standard InChI is InChI=1S/C23H23ClN4O4/c1-14(2)27(13-21-25-26-22(32-21)16-8-4-5-9-17(16)24)23(30)20-12-28(15(3)29)18-10-6-7-11-19(18)31-20/h4-11,14,20H,12-13H2,1-3H3. The van der Waals surface area contributed by atoms with Crippen molar-refractivity contribution in [2.45, 2.75) is 39.5 Å². The smallest absolute Gasteiger partial charge is 0.266 e. The molecule has 1 aliphatic heterocycles. The second-order valence-corrected chi connectivity index (χ2v) is 8.15. The van der Waals surface area contributed by atoms with Crippen LogP contribution >= 0.6 is 11.6 Å². The molecule has 2 heterocycles. The zero-order valence-corrected chi connectivity index (χ0v) is 18.7. The van der Waals surface area contributed by atoms with Gasteiger partial charge in [0.25, 0.3) is 5.91 Å². The molecule has 1 unspecified atom stereocenters. The minimum absolute atomic E-state index is 0.107. The van der Waals surface area contributed by atoms with Crippen LogP contribution < -0.4 is 9.64 Å². The van der Waals surface area contributed by atoms with Crippen molar-refractivity contribution in [3.8, 4) is 17.2 Å². The van der Waals surface area contributed by atoms with Gasteiger partial charge in [0, 0.05) is 13.0 Å². The molecule has 1 atom stereocenters. The molecule has 2 aromatic carbocycles. The van der Waals surface area contributed by atoms with Crippen molar-refractivity contribution in [3.63, 3.8) is 0 Å². The van der Waals surface area contributed by atoms with Gasteiger partial charge in [-0.2, -0.15) is 0 Å². The van der Waals surface area contributed by atoms with E-state index in [2.05, 4.69) is 10.2 Å². The molecule has 32 heavy (non-hydrogen) atoms. The van der Waals surface area contributed by atoms with Crippen molar-refractivity contribution in [2.24, 2.45) is 0 Å². The van der Waals surface area contributed by atoms with Crippen molar-refractivity contribution in [2.75, 3.05) is 11.4 Å². The number of hydrogen-bond donors (Lipinski definition) is 0. The molecule has 0 saturated carbocycles. The quantitative estimate of drug-likeness (QED) is 0.580. The van der Waals surface area contributed by atoms with Crippen LogP contribution in [0.5, 0.6) is 5.75 Å². The fraction of sp³-hybridized carbons (Fsp3) is 0.304. The van der Waals surface area contributed by atoms with E-state index in [1.807, 2.05) is 32.0 Å². The summed E-state index contributed by atoms with van der Waals surface area (Å²) in [7, 11) is 0. The van der Waals surface area contributed by atoms with E-state index in [4.69, 9.17) is 20.8 Å². The molecule has 9 heteroatoms. The number of nitrogens with zero attached hydrogens (tertiary/aromatic N) is 4. The zero-order chi connectivity index (χ0) is 22.8. The topological polar surface area (TPSA) is 88.8 Å². The first-order valence-electron chi connectivity index (χ1n) is 10.3. The highest BCUT2D eigenvalue weighted by atomic mass is 35.5. The molecule has 8 nitrogen and oxygen atoms in total. The van der Waals surface area contributed by atoms with E-state index in [9.17, 15) is 9.59 Å². The van der Waals surface area contributed by atoms with E-state index in [0.717, 1.165) is 0 Å². The van der Waals surface area contributed by atoms with Crippen LogP contribution in [0, 0.1) is 0 Å². The van der Waals surface area contributed by atoms with Crippen molar-refractivity contribution in [1.29, 1.82) is 0 Å². The van der Waals surface area contributed by atoms with Crippen LogP contribution in [0.1, 0.15) is 26.7 Å². The van der Waals surface area contributed by atoms with Crippen LogP contribution in [0.4, 0.5) is 5.69 Å². The lowest BCUT2D eigenvalue weighted by Gasteiger charge is -2.36. The molecule has 0 N–H and O–H groups in total. The molecule has 0 bridgehead atoms. The van der Waals surface area contributed by atoms with E-state index in [0.29, 0.717) is 22.0 Å². The van der Waals surface area contributed by atoms with E-state index >= 15 is 0 Å². The lowest BCUT2D eigenvalue weighted by molar-refractivity contribution is -0.141. The highest BCUT2D eigenvalue weighted by Gasteiger charge is 2.36. The largest absolute Gasteiger partial charge is 0.476 e. The van der Waals surface area contributed by atoms with Crippen LogP contribution in [0.2, 0.25) is 5.02 Å². The van der Waals surface area contributed by atoms with Gasteiger partial charge in [0.15, 0.2) is 6.10 Å². The fourth-order valence-electron chi connectivity index (χ4n) is 3.57. The number of amides is 2. The summed E-state index contributed by atoms with van der Waals surface area (Å²) in [5, 5.41) is 8.66. The lowest BCUT2D eigenvalue weighted by Crippen LogP contribution is -2.52. The number of carbonyl (C=O) groups excluding carboxylic acids is 2. The fourth-order valence-corrected chi connectivity index (χ4v) is 3.78. The van der Waals surface area contributed by atoms with E-state index in [1.165, 1.54) is 6.92 Å². The Kier molecular flexibility index (Phi) is 6.14. The van der Waals surface area contributed by atoms with Crippen LogP contribution in [0.15, 0.2) is 52.9 Å². The number of fused-ring (bicyclic) bond motifs is 1. The van der Waals surface area contributed by atoms with Crippen molar-refractivity contribution in [1.82, 2.24) is 15.1 Å². The Balaban J connectivity index is 1.55. The molecule has 4 rings (SSSR count). The number of rotatable bonds is 5. The monoisotopic (exact) mass is 454 g/mol. The molecule has 3 aromatic rings. The number of carbonyl (C=O) groups is 2. The molecule has 0 saturated heterocycles. The lowest BCUT2D eigenvalue weighted by atomic mass is 10.1.